The first-order chi connectivity index (χ1) is 12.5. The molecule has 2 rings (SSSR count). The molecular weight excluding hydrogens is 383 g/mol. The molecule has 7 nitrogen and oxygen atoms in total. The third-order valence-corrected chi connectivity index (χ3v) is 4.13. The Morgan fingerprint density at radius 1 is 1.19 bits per heavy atom. The average Bonchev–Trinajstić information content (AvgIpc) is 3.01. The molecule has 1 aliphatic rings. The molecule has 150 valence electrons. The first-order valence-corrected chi connectivity index (χ1v) is 7.46. The van der Waals surface area contributed by atoms with Crippen molar-refractivity contribution in [3.63, 3.8) is 0 Å². The number of carboxylic acid groups (broad SMARTS) is 1. The van der Waals surface area contributed by atoms with Crippen molar-refractivity contribution in [2.75, 3.05) is 32.6 Å². The molecule has 0 aliphatic carbocycles. The van der Waals surface area contributed by atoms with E-state index in [2.05, 4.69) is 4.74 Å². The summed E-state index contributed by atoms with van der Waals surface area (Å²) in [5, 5.41) is 11.0. The summed E-state index contributed by atoms with van der Waals surface area (Å²) in [4.78, 5) is 23.9. The molecule has 1 aliphatic heterocycles. The molecule has 0 unspecified atom stereocenters. The Morgan fingerprint density at radius 2 is 1.78 bits per heavy atom. The number of aliphatic carboxylic acids is 1. The number of alkyl halides is 3. The van der Waals surface area contributed by atoms with Crippen molar-refractivity contribution in [1.82, 2.24) is 4.90 Å². The fourth-order valence-corrected chi connectivity index (χ4v) is 2.81. The normalized spacial score (nSPS) is 19.7. The summed E-state index contributed by atoms with van der Waals surface area (Å²) < 4.78 is 76.2. The van der Waals surface area contributed by atoms with Crippen LogP contribution in [0.25, 0.3) is 0 Å². The third-order valence-electron chi connectivity index (χ3n) is 4.13. The Kier molecular flexibility index (Phi) is 5.66. The van der Waals surface area contributed by atoms with Crippen LogP contribution in [-0.4, -0.2) is 55.5 Å². The molecule has 1 fully saturated rings. The number of anilines is 1. The van der Waals surface area contributed by atoms with Gasteiger partial charge >= 0.3 is 18.2 Å². The van der Waals surface area contributed by atoms with Crippen LogP contribution in [0.4, 0.5) is 32.4 Å². The largest absolute Gasteiger partial charge is 0.491 e. The fraction of sp³-hybridized carbons (Fsp3) is 0.467. The molecule has 0 bridgehead atoms. The fourth-order valence-electron chi connectivity index (χ4n) is 2.81. The summed E-state index contributed by atoms with van der Waals surface area (Å²) in [6.45, 7) is -1.62. The van der Waals surface area contributed by atoms with Gasteiger partial charge in [-0.3, -0.25) is 4.79 Å². The van der Waals surface area contributed by atoms with Gasteiger partial charge in [-0.15, -0.1) is 0 Å². The smallest absolute Gasteiger partial charge is 0.394 e. The zero-order chi connectivity index (χ0) is 20.5. The molecule has 0 spiro atoms. The number of hydrogen-bond donors (Lipinski definition) is 2. The number of hydrogen-bond acceptors (Lipinski definition) is 4. The predicted molar refractivity (Wildman–Crippen MR) is 80.7 cm³/mol. The monoisotopic (exact) mass is 398 g/mol. The second-order valence-electron chi connectivity index (χ2n) is 5.71. The summed E-state index contributed by atoms with van der Waals surface area (Å²) in [7, 11) is 2.04. The molecule has 1 aromatic carbocycles. The Hall–Kier alpha value is -2.79. The van der Waals surface area contributed by atoms with Crippen LogP contribution in [0.15, 0.2) is 6.07 Å². The molecule has 0 saturated carbocycles. The molecule has 1 heterocycles. The van der Waals surface area contributed by atoms with Gasteiger partial charge < -0.3 is 24.8 Å². The lowest BCUT2D eigenvalue weighted by molar-refractivity contribution is -0.187. The number of methoxy groups -OCH3 is 2. The van der Waals surface area contributed by atoms with Gasteiger partial charge in [0, 0.05) is 19.2 Å². The Balaban J connectivity index is 2.27. The van der Waals surface area contributed by atoms with Gasteiger partial charge in [0.05, 0.1) is 31.7 Å². The minimum Gasteiger partial charge on any atom is -0.491 e. The van der Waals surface area contributed by atoms with Gasteiger partial charge in [0.1, 0.15) is 0 Å². The Morgan fingerprint density at radius 3 is 2.22 bits per heavy atom. The molecule has 2 amide bonds. The molecule has 0 radical (unpaired) electrons. The Bertz CT molecular complexity index is 755. The van der Waals surface area contributed by atoms with Crippen LogP contribution in [0.5, 0.6) is 11.5 Å². The lowest BCUT2D eigenvalue weighted by Gasteiger charge is -2.20. The van der Waals surface area contributed by atoms with E-state index in [-0.39, 0.29) is 0 Å². The molecule has 1 saturated heterocycles. The summed E-state index contributed by atoms with van der Waals surface area (Å²) in [6.07, 6.45) is -4.83. The van der Waals surface area contributed by atoms with Gasteiger partial charge in [-0.25, -0.2) is 9.18 Å². The first kappa shape index (κ1) is 20.5. The molecule has 12 heteroatoms. The SMILES string of the molecule is COc1c(F)cc(NC(=O)N2C[C@@H](C(F)(F)F)[C@H](C(=O)O)C2)c(OC)c1F. The van der Waals surface area contributed by atoms with E-state index in [1.807, 2.05) is 5.32 Å². The van der Waals surface area contributed by atoms with Crippen molar-refractivity contribution in [1.29, 1.82) is 0 Å². The summed E-state index contributed by atoms with van der Waals surface area (Å²) in [5.74, 6) is -9.60. The highest BCUT2D eigenvalue weighted by molar-refractivity contribution is 5.92. The number of carboxylic acids is 1. The number of rotatable bonds is 4. The zero-order valence-electron chi connectivity index (χ0n) is 14.1. The number of benzene rings is 1. The number of likely N-dealkylation sites (tertiary alicyclic amines) is 1. The van der Waals surface area contributed by atoms with Crippen molar-refractivity contribution < 1.29 is 46.1 Å². The summed E-state index contributed by atoms with van der Waals surface area (Å²) in [5.41, 5.74) is -0.486. The third kappa shape index (κ3) is 3.98. The second kappa shape index (κ2) is 7.45. The van der Waals surface area contributed by atoms with Gasteiger partial charge in [0.2, 0.25) is 5.82 Å². The highest BCUT2D eigenvalue weighted by atomic mass is 19.4. The van der Waals surface area contributed by atoms with E-state index in [1.54, 1.807) is 0 Å². The van der Waals surface area contributed by atoms with Crippen molar-refractivity contribution in [3.05, 3.63) is 17.7 Å². The lowest BCUT2D eigenvalue weighted by Crippen LogP contribution is -2.35. The number of carbonyl (C=O) groups excluding carboxylic acids is 1. The second-order valence-corrected chi connectivity index (χ2v) is 5.71. The molecule has 2 atom stereocenters. The zero-order valence-corrected chi connectivity index (χ0v) is 14.1. The maximum atomic E-state index is 14.1. The minimum atomic E-state index is -4.83. The van der Waals surface area contributed by atoms with E-state index >= 15 is 0 Å². The van der Waals surface area contributed by atoms with Crippen molar-refractivity contribution in [2.45, 2.75) is 6.18 Å². The molecular formula is C15H15F5N2O5. The standard InChI is InChI=1S/C15H15F5N2O5/c1-26-11-8(16)3-9(12(27-2)10(11)17)21-14(25)22-4-6(13(23)24)7(5-22)15(18,19)20/h3,6-7H,4-5H2,1-2H3,(H,21,25)(H,23,24)/t6-,7-/m1/s1. The topological polar surface area (TPSA) is 88.1 Å². The maximum absolute atomic E-state index is 14.1. The van der Waals surface area contributed by atoms with Gasteiger partial charge in [0.25, 0.3) is 0 Å². The van der Waals surface area contributed by atoms with Crippen LogP contribution < -0.4 is 14.8 Å². The van der Waals surface area contributed by atoms with Gasteiger partial charge in [-0.1, -0.05) is 0 Å². The molecule has 27 heavy (non-hydrogen) atoms. The molecule has 0 aromatic heterocycles. The molecule has 2 N–H and O–H groups in total. The van der Waals surface area contributed by atoms with E-state index in [0.717, 1.165) is 14.2 Å². The van der Waals surface area contributed by atoms with Crippen LogP contribution >= 0.6 is 0 Å². The van der Waals surface area contributed by atoms with Crippen LogP contribution in [0, 0.1) is 23.5 Å². The van der Waals surface area contributed by atoms with E-state index in [4.69, 9.17) is 9.84 Å². The van der Waals surface area contributed by atoms with Crippen LogP contribution in [0.3, 0.4) is 0 Å². The van der Waals surface area contributed by atoms with Gasteiger partial charge in [-0.05, 0) is 0 Å². The maximum Gasteiger partial charge on any atom is 0.394 e. The van der Waals surface area contributed by atoms with E-state index in [1.165, 1.54) is 0 Å². The predicted octanol–water partition coefficient (Wildman–Crippen LogP) is 2.71. The highest BCUT2D eigenvalue weighted by Gasteiger charge is 2.53. The number of halogens is 5. The number of nitrogens with zero attached hydrogens (tertiary/aromatic N) is 1. The van der Waals surface area contributed by atoms with Crippen molar-refractivity contribution in [3.8, 4) is 11.5 Å². The highest BCUT2D eigenvalue weighted by Crippen LogP contribution is 2.39. The number of carbonyl (C=O) groups is 2. The van der Waals surface area contributed by atoms with Crippen LogP contribution in [0.1, 0.15) is 0 Å². The quantitative estimate of drug-likeness (QED) is 0.762. The van der Waals surface area contributed by atoms with Gasteiger partial charge in [0.15, 0.2) is 17.3 Å². The Labute approximate surface area is 149 Å². The number of urea groups is 1. The average molecular weight is 398 g/mol. The van der Waals surface area contributed by atoms with E-state index in [9.17, 15) is 31.5 Å². The number of amides is 2. The van der Waals surface area contributed by atoms with E-state index in [0.29, 0.717) is 11.0 Å². The van der Waals surface area contributed by atoms with Crippen molar-refractivity contribution in [2.24, 2.45) is 11.8 Å². The van der Waals surface area contributed by atoms with E-state index < -0.39 is 71.9 Å². The van der Waals surface area contributed by atoms with Crippen LogP contribution in [0.2, 0.25) is 0 Å². The first-order valence-electron chi connectivity index (χ1n) is 7.46. The number of ether oxygens (including phenoxy) is 2. The van der Waals surface area contributed by atoms with Crippen LogP contribution in [-0.2, 0) is 4.79 Å². The van der Waals surface area contributed by atoms with Crippen molar-refractivity contribution >= 4 is 17.7 Å². The summed E-state index contributed by atoms with van der Waals surface area (Å²) >= 11 is 0. The number of nitrogens with one attached hydrogen (secondary N) is 1. The van der Waals surface area contributed by atoms with Gasteiger partial charge in [-0.2, -0.15) is 17.6 Å². The lowest BCUT2D eigenvalue weighted by atomic mass is 9.96. The summed E-state index contributed by atoms with van der Waals surface area (Å²) in [6, 6.07) is -0.486. The minimum absolute atomic E-state index is 0.486. The molecule has 1 aromatic rings.